The van der Waals surface area contributed by atoms with Gasteiger partial charge in [-0.05, 0) is 35.8 Å². The topological polar surface area (TPSA) is 55.8 Å². The number of ether oxygens (including phenoxy) is 2. The van der Waals surface area contributed by atoms with E-state index in [1.807, 2.05) is 24.3 Å². The molecule has 0 unspecified atom stereocenters. The molecule has 114 valence electrons. The van der Waals surface area contributed by atoms with Crippen LogP contribution in [0.1, 0.15) is 18.1 Å². The van der Waals surface area contributed by atoms with E-state index in [1.165, 1.54) is 18.7 Å². The summed E-state index contributed by atoms with van der Waals surface area (Å²) in [5.41, 5.74) is 1.96. The first kappa shape index (κ1) is 15.6. The highest BCUT2D eigenvalue weighted by atomic mass is 16.5. The van der Waals surface area contributed by atoms with E-state index in [-0.39, 0.29) is 5.76 Å². The van der Waals surface area contributed by atoms with Crippen LogP contribution in [0.4, 0.5) is 0 Å². The SMILES string of the molecule is CCc1ccc(C=C(Oc2ccccc2OC)C(=O)O)cc1. The summed E-state index contributed by atoms with van der Waals surface area (Å²) in [6, 6.07) is 14.6. The van der Waals surface area contributed by atoms with Crippen molar-refractivity contribution in [1.82, 2.24) is 0 Å². The van der Waals surface area contributed by atoms with Crippen molar-refractivity contribution in [1.29, 1.82) is 0 Å². The largest absolute Gasteiger partial charge is 0.493 e. The normalized spacial score (nSPS) is 11.1. The van der Waals surface area contributed by atoms with E-state index in [0.29, 0.717) is 11.5 Å². The third-order valence-corrected chi connectivity index (χ3v) is 3.19. The number of aliphatic carboxylic acids is 1. The van der Waals surface area contributed by atoms with Gasteiger partial charge in [-0.2, -0.15) is 0 Å². The Labute approximate surface area is 129 Å². The van der Waals surface area contributed by atoms with E-state index >= 15 is 0 Å². The first-order valence-corrected chi connectivity index (χ1v) is 6.99. The summed E-state index contributed by atoms with van der Waals surface area (Å²) in [6.45, 7) is 2.07. The molecular weight excluding hydrogens is 280 g/mol. The lowest BCUT2D eigenvalue weighted by Crippen LogP contribution is -2.08. The molecular formula is C18H18O4. The number of para-hydroxylation sites is 2. The Hall–Kier alpha value is -2.75. The molecule has 0 amide bonds. The van der Waals surface area contributed by atoms with E-state index < -0.39 is 5.97 Å². The van der Waals surface area contributed by atoms with Crippen LogP contribution >= 0.6 is 0 Å². The summed E-state index contributed by atoms with van der Waals surface area (Å²) in [5, 5.41) is 9.33. The van der Waals surface area contributed by atoms with Crippen molar-refractivity contribution in [2.75, 3.05) is 7.11 Å². The number of hydrogen-bond donors (Lipinski definition) is 1. The summed E-state index contributed by atoms with van der Waals surface area (Å²) >= 11 is 0. The fourth-order valence-electron chi connectivity index (χ4n) is 1.96. The van der Waals surface area contributed by atoms with E-state index in [4.69, 9.17) is 9.47 Å². The van der Waals surface area contributed by atoms with Crippen molar-refractivity contribution in [3.63, 3.8) is 0 Å². The highest BCUT2D eigenvalue weighted by Crippen LogP contribution is 2.28. The molecule has 4 nitrogen and oxygen atoms in total. The molecule has 0 aromatic heterocycles. The van der Waals surface area contributed by atoms with Crippen LogP contribution < -0.4 is 9.47 Å². The summed E-state index contributed by atoms with van der Waals surface area (Å²) in [4.78, 5) is 11.4. The van der Waals surface area contributed by atoms with Crippen LogP contribution in [0.15, 0.2) is 54.3 Å². The molecule has 0 aliphatic rings. The Morgan fingerprint density at radius 3 is 2.27 bits per heavy atom. The van der Waals surface area contributed by atoms with Gasteiger partial charge in [0.15, 0.2) is 11.5 Å². The van der Waals surface area contributed by atoms with Crippen molar-refractivity contribution in [2.45, 2.75) is 13.3 Å². The molecule has 1 N–H and O–H groups in total. The van der Waals surface area contributed by atoms with Crippen molar-refractivity contribution in [3.8, 4) is 11.5 Å². The first-order chi connectivity index (χ1) is 10.6. The van der Waals surface area contributed by atoms with Crippen LogP contribution in [-0.2, 0) is 11.2 Å². The second-order valence-corrected chi connectivity index (χ2v) is 4.66. The summed E-state index contributed by atoms with van der Waals surface area (Å²) in [7, 11) is 1.51. The molecule has 0 aliphatic carbocycles. The molecule has 0 radical (unpaired) electrons. The summed E-state index contributed by atoms with van der Waals surface area (Å²) in [6.07, 6.45) is 2.43. The van der Waals surface area contributed by atoms with Gasteiger partial charge in [0.1, 0.15) is 0 Å². The lowest BCUT2D eigenvalue weighted by atomic mass is 10.1. The van der Waals surface area contributed by atoms with Gasteiger partial charge in [-0.25, -0.2) is 4.79 Å². The van der Waals surface area contributed by atoms with Gasteiger partial charge in [0.25, 0.3) is 0 Å². The average Bonchev–Trinajstić information content (AvgIpc) is 2.55. The van der Waals surface area contributed by atoms with Gasteiger partial charge in [0, 0.05) is 0 Å². The zero-order valence-corrected chi connectivity index (χ0v) is 12.6. The van der Waals surface area contributed by atoms with Crippen LogP contribution in [0, 0.1) is 0 Å². The first-order valence-electron chi connectivity index (χ1n) is 6.99. The van der Waals surface area contributed by atoms with Gasteiger partial charge >= 0.3 is 5.97 Å². The highest BCUT2D eigenvalue weighted by molar-refractivity contribution is 5.90. The van der Waals surface area contributed by atoms with Crippen molar-refractivity contribution in [2.24, 2.45) is 0 Å². The molecule has 4 heteroatoms. The lowest BCUT2D eigenvalue weighted by molar-refractivity contribution is -0.134. The average molecular weight is 298 g/mol. The fourth-order valence-corrected chi connectivity index (χ4v) is 1.96. The molecule has 0 atom stereocenters. The molecule has 0 bridgehead atoms. The Balaban J connectivity index is 2.29. The number of aryl methyl sites for hydroxylation is 1. The van der Waals surface area contributed by atoms with E-state index in [1.54, 1.807) is 24.3 Å². The standard InChI is InChI=1S/C18H18O4/c1-3-13-8-10-14(11-9-13)12-17(18(19)20)22-16-7-5-4-6-15(16)21-2/h4-12H,3H2,1-2H3,(H,19,20). The smallest absolute Gasteiger partial charge is 0.371 e. The second kappa shape index (κ2) is 7.31. The molecule has 0 heterocycles. The van der Waals surface area contributed by atoms with Crippen LogP contribution in [0.3, 0.4) is 0 Å². The minimum Gasteiger partial charge on any atom is -0.493 e. The zero-order chi connectivity index (χ0) is 15.9. The maximum atomic E-state index is 11.4. The summed E-state index contributed by atoms with van der Waals surface area (Å²) in [5.74, 6) is -0.445. The Bertz CT molecular complexity index is 672. The molecule has 2 aromatic rings. The number of carboxylic acids is 1. The number of carboxylic acid groups (broad SMARTS) is 1. The van der Waals surface area contributed by atoms with Gasteiger partial charge in [-0.3, -0.25) is 0 Å². The van der Waals surface area contributed by atoms with Crippen LogP contribution in [0.2, 0.25) is 0 Å². The molecule has 0 fully saturated rings. The van der Waals surface area contributed by atoms with Gasteiger partial charge in [-0.1, -0.05) is 43.3 Å². The quantitative estimate of drug-likeness (QED) is 0.651. The van der Waals surface area contributed by atoms with Gasteiger partial charge in [0.2, 0.25) is 5.76 Å². The van der Waals surface area contributed by atoms with Gasteiger partial charge < -0.3 is 14.6 Å². The van der Waals surface area contributed by atoms with Crippen LogP contribution in [-0.4, -0.2) is 18.2 Å². The van der Waals surface area contributed by atoms with E-state index in [2.05, 4.69) is 6.92 Å². The zero-order valence-electron chi connectivity index (χ0n) is 12.6. The number of hydrogen-bond acceptors (Lipinski definition) is 3. The predicted molar refractivity (Wildman–Crippen MR) is 85.1 cm³/mol. The molecule has 22 heavy (non-hydrogen) atoms. The molecule has 0 spiro atoms. The highest BCUT2D eigenvalue weighted by Gasteiger charge is 2.13. The molecule has 0 saturated carbocycles. The van der Waals surface area contributed by atoms with Gasteiger partial charge in [-0.15, -0.1) is 0 Å². The van der Waals surface area contributed by atoms with Crippen molar-refractivity contribution >= 4 is 12.0 Å². The van der Waals surface area contributed by atoms with Crippen molar-refractivity contribution in [3.05, 3.63) is 65.4 Å². The third kappa shape index (κ3) is 3.88. The van der Waals surface area contributed by atoms with Crippen molar-refractivity contribution < 1.29 is 19.4 Å². The third-order valence-electron chi connectivity index (χ3n) is 3.19. The van der Waals surface area contributed by atoms with Gasteiger partial charge in [0.05, 0.1) is 7.11 Å². The number of rotatable bonds is 6. The fraction of sp³-hybridized carbons (Fsp3) is 0.167. The Morgan fingerprint density at radius 1 is 1.09 bits per heavy atom. The molecule has 0 saturated heterocycles. The second-order valence-electron chi connectivity index (χ2n) is 4.66. The van der Waals surface area contributed by atoms with E-state index in [9.17, 15) is 9.90 Å². The Kier molecular flexibility index (Phi) is 5.20. The lowest BCUT2D eigenvalue weighted by Gasteiger charge is -2.10. The summed E-state index contributed by atoms with van der Waals surface area (Å²) < 4.78 is 10.7. The molecule has 2 rings (SSSR count). The number of carbonyl (C=O) groups is 1. The molecule has 0 aliphatic heterocycles. The maximum Gasteiger partial charge on any atom is 0.371 e. The predicted octanol–water partition coefficient (Wildman–Crippen LogP) is 3.76. The monoisotopic (exact) mass is 298 g/mol. The van der Waals surface area contributed by atoms with Crippen LogP contribution in [0.25, 0.3) is 6.08 Å². The minimum atomic E-state index is -1.13. The minimum absolute atomic E-state index is 0.159. The Morgan fingerprint density at radius 2 is 1.73 bits per heavy atom. The van der Waals surface area contributed by atoms with Crippen LogP contribution in [0.5, 0.6) is 11.5 Å². The molecule has 2 aromatic carbocycles. The number of methoxy groups -OCH3 is 1. The maximum absolute atomic E-state index is 11.4. The number of benzene rings is 2. The van der Waals surface area contributed by atoms with E-state index in [0.717, 1.165) is 12.0 Å².